The summed E-state index contributed by atoms with van der Waals surface area (Å²) in [6, 6.07) is 0. The van der Waals surface area contributed by atoms with Crippen molar-refractivity contribution in [2.45, 2.75) is 33.6 Å². The molecule has 15 heavy (non-hydrogen) atoms. The number of rotatable bonds is 6. The minimum atomic E-state index is 0.966. The molecule has 0 aliphatic heterocycles. The van der Waals surface area contributed by atoms with Crippen LogP contribution < -0.4 is 0 Å². The summed E-state index contributed by atoms with van der Waals surface area (Å²) in [6.07, 6.45) is 12.5. The van der Waals surface area contributed by atoms with Gasteiger partial charge in [-0.2, -0.15) is 0 Å². The molecule has 0 aliphatic carbocycles. The van der Waals surface area contributed by atoms with Gasteiger partial charge in [0, 0.05) is 0 Å². The molecule has 82 valence electrons. The van der Waals surface area contributed by atoms with Crippen LogP contribution in [0.2, 0.25) is 0 Å². The summed E-state index contributed by atoms with van der Waals surface area (Å²) in [6.45, 7) is 14.0. The zero-order valence-corrected chi connectivity index (χ0v) is 10.2. The molecule has 0 fully saturated rings. The van der Waals surface area contributed by atoms with E-state index in [0.717, 1.165) is 17.6 Å². The molecule has 0 N–H and O–H groups in total. The second-order valence-corrected chi connectivity index (χ2v) is 3.61. The molecular weight excluding hydrogens is 180 g/mol. The van der Waals surface area contributed by atoms with E-state index in [1.54, 1.807) is 6.08 Å². The second-order valence-electron chi connectivity index (χ2n) is 3.61. The molecule has 0 aromatic carbocycles. The third kappa shape index (κ3) is 5.90. The van der Waals surface area contributed by atoms with Crippen LogP contribution in [0, 0.1) is 0 Å². The monoisotopic (exact) mass is 202 g/mol. The number of hydrogen-bond acceptors (Lipinski definition) is 0. The summed E-state index contributed by atoms with van der Waals surface area (Å²) in [4.78, 5) is 0. The third-order valence-electron chi connectivity index (χ3n) is 2.16. The van der Waals surface area contributed by atoms with E-state index in [2.05, 4.69) is 45.2 Å². The van der Waals surface area contributed by atoms with E-state index in [1.165, 1.54) is 12.0 Å². The quantitative estimate of drug-likeness (QED) is 0.533. The highest BCUT2D eigenvalue weighted by atomic mass is 14.0. The van der Waals surface area contributed by atoms with Gasteiger partial charge in [-0.1, -0.05) is 62.5 Å². The largest absolute Gasteiger partial charge is 0.0985 e. The van der Waals surface area contributed by atoms with Crippen LogP contribution in [0.15, 0.2) is 60.3 Å². The van der Waals surface area contributed by atoms with Gasteiger partial charge in [0.1, 0.15) is 0 Å². The summed E-state index contributed by atoms with van der Waals surface area (Å²) >= 11 is 0. The fourth-order valence-electron chi connectivity index (χ4n) is 1.28. The van der Waals surface area contributed by atoms with Crippen molar-refractivity contribution in [2.75, 3.05) is 0 Å². The van der Waals surface area contributed by atoms with Crippen LogP contribution >= 0.6 is 0 Å². The smallest absolute Gasteiger partial charge is 0.0193 e. The van der Waals surface area contributed by atoms with Gasteiger partial charge < -0.3 is 0 Å². The lowest BCUT2D eigenvalue weighted by Crippen LogP contribution is -1.80. The molecule has 0 spiro atoms. The van der Waals surface area contributed by atoms with Gasteiger partial charge in [0.15, 0.2) is 0 Å². The highest BCUT2D eigenvalue weighted by Gasteiger charge is 1.92. The van der Waals surface area contributed by atoms with Gasteiger partial charge in [-0.25, -0.2) is 0 Å². The first-order valence-electron chi connectivity index (χ1n) is 5.47. The Morgan fingerprint density at radius 3 is 2.40 bits per heavy atom. The Kier molecular flexibility index (Phi) is 7.35. The SMILES string of the molecule is C=CC(=C)C(/C=C\C)=C\C=C(/C)CCC. The van der Waals surface area contributed by atoms with Crippen molar-refractivity contribution in [3.8, 4) is 0 Å². The molecule has 0 saturated heterocycles. The van der Waals surface area contributed by atoms with Gasteiger partial charge in [-0.05, 0) is 31.4 Å². The average Bonchev–Trinajstić information content (AvgIpc) is 2.23. The third-order valence-corrected chi connectivity index (χ3v) is 2.16. The lowest BCUT2D eigenvalue weighted by molar-refractivity contribution is 0.905. The van der Waals surface area contributed by atoms with Crippen molar-refractivity contribution in [3.05, 3.63) is 60.3 Å². The summed E-state index contributed by atoms with van der Waals surface area (Å²) in [5.41, 5.74) is 3.49. The Bertz CT molecular complexity index is 298. The van der Waals surface area contributed by atoms with Crippen molar-refractivity contribution in [1.82, 2.24) is 0 Å². The normalized spacial score (nSPS) is 13.3. The molecule has 0 amide bonds. The number of allylic oxidation sites excluding steroid dienone is 8. The Morgan fingerprint density at radius 1 is 1.27 bits per heavy atom. The van der Waals surface area contributed by atoms with Crippen LogP contribution in [0.1, 0.15) is 33.6 Å². The minimum Gasteiger partial charge on any atom is -0.0985 e. The molecule has 0 radical (unpaired) electrons. The molecule has 0 atom stereocenters. The molecule has 0 saturated carbocycles. The first-order chi connectivity index (χ1) is 7.15. The maximum absolute atomic E-state index is 3.95. The predicted octanol–water partition coefficient (Wildman–Crippen LogP) is 4.98. The van der Waals surface area contributed by atoms with Gasteiger partial charge in [-0.3, -0.25) is 0 Å². The topological polar surface area (TPSA) is 0 Å². The van der Waals surface area contributed by atoms with E-state index in [-0.39, 0.29) is 0 Å². The zero-order valence-electron chi connectivity index (χ0n) is 10.2. The second kappa shape index (κ2) is 8.05. The molecule has 0 bridgehead atoms. The predicted molar refractivity (Wildman–Crippen MR) is 70.9 cm³/mol. The van der Waals surface area contributed by atoms with Crippen molar-refractivity contribution >= 4 is 0 Å². The van der Waals surface area contributed by atoms with Gasteiger partial charge in [0.25, 0.3) is 0 Å². The maximum Gasteiger partial charge on any atom is -0.0193 e. The van der Waals surface area contributed by atoms with Crippen LogP contribution in [-0.4, -0.2) is 0 Å². The summed E-state index contributed by atoms with van der Waals surface area (Å²) in [5.74, 6) is 0. The highest BCUT2D eigenvalue weighted by molar-refractivity contribution is 5.45. The highest BCUT2D eigenvalue weighted by Crippen LogP contribution is 2.12. The van der Waals surface area contributed by atoms with E-state index >= 15 is 0 Å². The average molecular weight is 202 g/mol. The fourth-order valence-corrected chi connectivity index (χ4v) is 1.28. The van der Waals surface area contributed by atoms with Crippen molar-refractivity contribution in [3.63, 3.8) is 0 Å². The maximum atomic E-state index is 3.95. The van der Waals surface area contributed by atoms with Crippen LogP contribution in [0.5, 0.6) is 0 Å². The first kappa shape index (κ1) is 13.7. The molecule has 0 nitrogen and oxygen atoms in total. The van der Waals surface area contributed by atoms with Crippen LogP contribution in [-0.2, 0) is 0 Å². The molecule has 0 aromatic heterocycles. The summed E-state index contributed by atoms with van der Waals surface area (Å²) in [7, 11) is 0. The molecule has 0 heterocycles. The van der Waals surface area contributed by atoms with Crippen LogP contribution in [0.4, 0.5) is 0 Å². The van der Waals surface area contributed by atoms with E-state index < -0.39 is 0 Å². The van der Waals surface area contributed by atoms with Gasteiger partial charge in [0.2, 0.25) is 0 Å². The summed E-state index contributed by atoms with van der Waals surface area (Å²) in [5, 5.41) is 0. The molecule has 0 aliphatic rings. The lowest BCUT2D eigenvalue weighted by atomic mass is 10.1. The minimum absolute atomic E-state index is 0.966. The van der Waals surface area contributed by atoms with Crippen molar-refractivity contribution in [2.24, 2.45) is 0 Å². The molecular formula is C15H22. The summed E-state index contributed by atoms with van der Waals surface area (Å²) < 4.78 is 0. The molecule has 0 aromatic rings. The van der Waals surface area contributed by atoms with E-state index in [1.807, 2.05) is 13.0 Å². The Balaban J connectivity index is 4.76. The van der Waals surface area contributed by atoms with E-state index in [9.17, 15) is 0 Å². The van der Waals surface area contributed by atoms with E-state index in [0.29, 0.717) is 0 Å². The standard InChI is InChI=1S/C15H22/c1-6-9-13(4)11-12-15(10-7-2)14(5)8-3/h7-8,10-12H,3,5-6,9H2,1-2,4H3/b10-7-,13-11+,15-12-. The van der Waals surface area contributed by atoms with Crippen LogP contribution in [0.3, 0.4) is 0 Å². The molecule has 0 unspecified atom stereocenters. The molecule has 0 rings (SSSR count). The Labute approximate surface area is 94.4 Å². The van der Waals surface area contributed by atoms with Gasteiger partial charge in [0.05, 0.1) is 0 Å². The van der Waals surface area contributed by atoms with E-state index in [4.69, 9.17) is 0 Å². The van der Waals surface area contributed by atoms with Crippen molar-refractivity contribution < 1.29 is 0 Å². The molecule has 0 heteroatoms. The van der Waals surface area contributed by atoms with Crippen LogP contribution in [0.25, 0.3) is 0 Å². The van der Waals surface area contributed by atoms with Gasteiger partial charge in [-0.15, -0.1) is 0 Å². The van der Waals surface area contributed by atoms with Gasteiger partial charge >= 0.3 is 0 Å². The Morgan fingerprint density at radius 2 is 1.93 bits per heavy atom. The Hall–Kier alpha value is -1.30. The number of hydrogen-bond donors (Lipinski definition) is 0. The first-order valence-corrected chi connectivity index (χ1v) is 5.47. The zero-order chi connectivity index (χ0) is 11.7. The fraction of sp³-hybridized carbons (Fsp3) is 0.333. The lowest BCUT2D eigenvalue weighted by Gasteiger charge is -2.00. The van der Waals surface area contributed by atoms with Crippen molar-refractivity contribution in [1.29, 1.82) is 0 Å².